The van der Waals surface area contributed by atoms with Gasteiger partial charge >= 0.3 is 5.97 Å². The second-order valence-corrected chi connectivity index (χ2v) is 3.07. The SMILES string of the molecule is CCCc1cc(C)nc(C(=O)OC)n1. The van der Waals surface area contributed by atoms with Crippen LogP contribution in [0.1, 0.15) is 35.4 Å². The zero-order valence-corrected chi connectivity index (χ0v) is 8.70. The number of rotatable bonds is 3. The summed E-state index contributed by atoms with van der Waals surface area (Å²) in [5, 5.41) is 0. The van der Waals surface area contributed by atoms with Gasteiger partial charge in [0.1, 0.15) is 0 Å². The number of carbonyl (C=O) groups is 1. The molecule has 0 aliphatic rings. The molecular formula is C10H14N2O2. The van der Waals surface area contributed by atoms with Crippen molar-refractivity contribution in [3.63, 3.8) is 0 Å². The highest BCUT2D eigenvalue weighted by Crippen LogP contribution is 2.04. The van der Waals surface area contributed by atoms with Gasteiger partial charge in [-0.05, 0) is 19.4 Å². The number of ether oxygens (including phenoxy) is 1. The zero-order valence-electron chi connectivity index (χ0n) is 8.70. The zero-order chi connectivity index (χ0) is 10.6. The van der Waals surface area contributed by atoms with E-state index in [2.05, 4.69) is 21.6 Å². The number of nitrogens with zero attached hydrogens (tertiary/aromatic N) is 2. The van der Waals surface area contributed by atoms with E-state index < -0.39 is 5.97 Å². The number of esters is 1. The average molecular weight is 194 g/mol. The summed E-state index contributed by atoms with van der Waals surface area (Å²) < 4.78 is 4.56. The summed E-state index contributed by atoms with van der Waals surface area (Å²) in [4.78, 5) is 19.3. The molecule has 0 aromatic carbocycles. The lowest BCUT2D eigenvalue weighted by Gasteiger charge is -2.03. The van der Waals surface area contributed by atoms with Gasteiger partial charge in [-0.2, -0.15) is 0 Å². The van der Waals surface area contributed by atoms with Crippen molar-refractivity contribution >= 4 is 5.97 Å². The molecular weight excluding hydrogens is 180 g/mol. The maximum atomic E-state index is 11.2. The van der Waals surface area contributed by atoms with Crippen molar-refractivity contribution in [3.05, 3.63) is 23.3 Å². The van der Waals surface area contributed by atoms with Crippen molar-refractivity contribution in [2.75, 3.05) is 7.11 Å². The first-order valence-electron chi connectivity index (χ1n) is 4.60. The predicted octanol–water partition coefficient (Wildman–Crippen LogP) is 1.52. The molecule has 1 aromatic heterocycles. The summed E-state index contributed by atoms with van der Waals surface area (Å²) in [5.41, 5.74) is 1.68. The van der Waals surface area contributed by atoms with Crippen molar-refractivity contribution in [2.45, 2.75) is 26.7 Å². The molecule has 0 amide bonds. The van der Waals surface area contributed by atoms with Gasteiger partial charge in [-0.25, -0.2) is 14.8 Å². The van der Waals surface area contributed by atoms with Crippen LogP contribution >= 0.6 is 0 Å². The van der Waals surface area contributed by atoms with Gasteiger partial charge in [-0.1, -0.05) is 13.3 Å². The minimum Gasteiger partial charge on any atom is -0.463 e. The van der Waals surface area contributed by atoms with E-state index in [1.807, 2.05) is 13.0 Å². The molecule has 4 nitrogen and oxygen atoms in total. The van der Waals surface area contributed by atoms with Crippen LogP contribution in [0.4, 0.5) is 0 Å². The van der Waals surface area contributed by atoms with Crippen LogP contribution in [0.15, 0.2) is 6.07 Å². The molecule has 0 saturated carbocycles. The van der Waals surface area contributed by atoms with Crippen LogP contribution < -0.4 is 0 Å². The maximum Gasteiger partial charge on any atom is 0.376 e. The molecule has 0 spiro atoms. The number of aryl methyl sites for hydroxylation is 2. The Balaban J connectivity index is 3.00. The fraction of sp³-hybridized carbons (Fsp3) is 0.500. The molecule has 1 aromatic rings. The number of methoxy groups -OCH3 is 1. The van der Waals surface area contributed by atoms with Crippen molar-refractivity contribution < 1.29 is 9.53 Å². The van der Waals surface area contributed by atoms with Crippen LogP contribution in [-0.2, 0) is 11.2 Å². The molecule has 0 atom stereocenters. The quantitative estimate of drug-likeness (QED) is 0.684. The van der Waals surface area contributed by atoms with Crippen LogP contribution in [0.2, 0.25) is 0 Å². The Hall–Kier alpha value is -1.45. The lowest BCUT2D eigenvalue weighted by atomic mass is 10.2. The van der Waals surface area contributed by atoms with E-state index in [0.717, 1.165) is 24.2 Å². The largest absolute Gasteiger partial charge is 0.463 e. The summed E-state index contributed by atoms with van der Waals surface area (Å²) in [5.74, 6) is -0.331. The second-order valence-electron chi connectivity index (χ2n) is 3.07. The van der Waals surface area contributed by atoms with Crippen LogP contribution in [0, 0.1) is 6.92 Å². The minimum atomic E-state index is -0.481. The van der Waals surface area contributed by atoms with Crippen molar-refractivity contribution in [1.29, 1.82) is 0 Å². The van der Waals surface area contributed by atoms with Crippen LogP contribution in [-0.4, -0.2) is 23.0 Å². The molecule has 0 radical (unpaired) electrons. The molecule has 0 bridgehead atoms. The number of carbonyl (C=O) groups excluding carboxylic acids is 1. The van der Waals surface area contributed by atoms with Gasteiger partial charge in [0.25, 0.3) is 0 Å². The summed E-state index contributed by atoms with van der Waals surface area (Å²) >= 11 is 0. The van der Waals surface area contributed by atoms with Crippen LogP contribution in [0.3, 0.4) is 0 Å². The van der Waals surface area contributed by atoms with E-state index in [9.17, 15) is 4.79 Å². The Labute approximate surface area is 83.3 Å². The Kier molecular flexibility index (Phi) is 3.56. The lowest BCUT2D eigenvalue weighted by Crippen LogP contribution is -2.10. The third-order valence-electron chi connectivity index (χ3n) is 1.78. The van der Waals surface area contributed by atoms with Gasteiger partial charge in [0.15, 0.2) is 0 Å². The number of hydrogen-bond acceptors (Lipinski definition) is 4. The highest BCUT2D eigenvalue weighted by Gasteiger charge is 2.10. The molecule has 0 N–H and O–H groups in total. The normalized spacial score (nSPS) is 9.93. The number of aromatic nitrogens is 2. The minimum absolute atomic E-state index is 0.149. The Morgan fingerprint density at radius 3 is 2.79 bits per heavy atom. The van der Waals surface area contributed by atoms with E-state index in [-0.39, 0.29) is 5.82 Å². The molecule has 0 aliphatic heterocycles. The Morgan fingerprint density at radius 1 is 1.50 bits per heavy atom. The highest BCUT2D eigenvalue weighted by atomic mass is 16.5. The van der Waals surface area contributed by atoms with E-state index >= 15 is 0 Å². The van der Waals surface area contributed by atoms with E-state index in [1.165, 1.54) is 7.11 Å². The number of hydrogen-bond donors (Lipinski definition) is 0. The smallest absolute Gasteiger partial charge is 0.376 e. The van der Waals surface area contributed by atoms with E-state index in [0.29, 0.717) is 0 Å². The van der Waals surface area contributed by atoms with Gasteiger partial charge in [-0.15, -0.1) is 0 Å². The van der Waals surface area contributed by atoms with Gasteiger partial charge < -0.3 is 4.74 Å². The first-order chi connectivity index (χ1) is 6.67. The molecule has 1 rings (SSSR count). The lowest BCUT2D eigenvalue weighted by molar-refractivity contribution is 0.0586. The average Bonchev–Trinajstić information content (AvgIpc) is 2.16. The van der Waals surface area contributed by atoms with Crippen LogP contribution in [0.5, 0.6) is 0 Å². The third kappa shape index (κ3) is 2.52. The van der Waals surface area contributed by atoms with Gasteiger partial charge in [0.05, 0.1) is 7.11 Å². The predicted molar refractivity (Wildman–Crippen MR) is 52.1 cm³/mol. The highest BCUT2D eigenvalue weighted by molar-refractivity contribution is 5.85. The molecule has 1 heterocycles. The molecule has 14 heavy (non-hydrogen) atoms. The first kappa shape index (κ1) is 10.6. The fourth-order valence-corrected chi connectivity index (χ4v) is 1.20. The van der Waals surface area contributed by atoms with Crippen LogP contribution in [0.25, 0.3) is 0 Å². The van der Waals surface area contributed by atoms with Crippen molar-refractivity contribution in [2.24, 2.45) is 0 Å². The molecule has 76 valence electrons. The van der Waals surface area contributed by atoms with Gasteiger partial charge in [0.2, 0.25) is 5.82 Å². The summed E-state index contributed by atoms with van der Waals surface area (Å²) in [6.07, 6.45) is 1.85. The molecule has 0 aliphatic carbocycles. The molecule has 0 saturated heterocycles. The first-order valence-corrected chi connectivity index (χ1v) is 4.60. The summed E-state index contributed by atoms with van der Waals surface area (Å²) in [6.45, 7) is 3.91. The summed E-state index contributed by atoms with van der Waals surface area (Å²) in [6, 6.07) is 1.88. The Bertz CT molecular complexity index is 337. The monoisotopic (exact) mass is 194 g/mol. The summed E-state index contributed by atoms with van der Waals surface area (Å²) in [7, 11) is 1.33. The Morgan fingerprint density at radius 2 is 2.21 bits per heavy atom. The van der Waals surface area contributed by atoms with Crippen molar-refractivity contribution in [3.8, 4) is 0 Å². The van der Waals surface area contributed by atoms with Gasteiger partial charge in [-0.3, -0.25) is 0 Å². The van der Waals surface area contributed by atoms with Gasteiger partial charge in [0, 0.05) is 11.4 Å². The molecule has 0 unspecified atom stereocenters. The van der Waals surface area contributed by atoms with E-state index in [4.69, 9.17) is 0 Å². The molecule has 0 fully saturated rings. The fourth-order valence-electron chi connectivity index (χ4n) is 1.20. The maximum absolute atomic E-state index is 11.2. The standard InChI is InChI=1S/C10H14N2O2/c1-4-5-8-6-7(2)11-9(12-8)10(13)14-3/h6H,4-5H2,1-3H3. The molecule has 4 heteroatoms. The third-order valence-corrected chi connectivity index (χ3v) is 1.78. The van der Waals surface area contributed by atoms with E-state index in [1.54, 1.807) is 0 Å². The van der Waals surface area contributed by atoms with Crippen molar-refractivity contribution in [1.82, 2.24) is 9.97 Å². The topological polar surface area (TPSA) is 52.1 Å². The second kappa shape index (κ2) is 4.69.